The molecule has 1 fully saturated rings. The molecule has 0 aliphatic carbocycles. The number of aromatic nitrogens is 1. The molecule has 1 aliphatic rings. The molecule has 3 unspecified atom stereocenters. The summed E-state index contributed by atoms with van der Waals surface area (Å²) in [5.74, 6) is 2.61. The molecule has 118 valence electrons. The fraction of sp³-hybridized carbons (Fsp3) is 0.722. The van der Waals surface area contributed by atoms with Gasteiger partial charge in [-0.1, -0.05) is 19.9 Å². The molecule has 21 heavy (non-hydrogen) atoms. The standard InChI is InChI=1S/C18H31N3/c1-13-10-14(2)15(3)21(12-13)17-9-7-8-16(20-17)11-19-18(4,5)6/h7-9,13-15,19H,10-12H2,1-6H3. The third-order valence-electron chi connectivity index (χ3n) is 4.48. The van der Waals surface area contributed by atoms with Crippen LogP contribution in [0.3, 0.4) is 0 Å². The highest BCUT2D eigenvalue weighted by molar-refractivity contribution is 5.41. The summed E-state index contributed by atoms with van der Waals surface area (Å²) >= 11 is 0. The van der Waals surface area contributed by atoms with Gasteiger partial charge in [-0.05, 0) is 58.1 Å². The predicted molar refractivity (Wildman–Crippen MR) is 90.6 cm³/mol. The molecule has 2 rings (SSSR count). The smallest absolute Gasteiger partial charge is 0.129 e. The lowest BCUT2D eigenvalue weighted by molar-refractivity contribution is 0.295. The number of hydrogen-bond donors (Lipinski definition) is 1. The Kier molecular flexibility index (Phi) is 4.92. The Balaban J connectivity index is 2.12. The van der Waals surface area contributed by atoms with E-state index in [0.717, 1.165) is 36.4 Å². The van der Waals surface area contributed by atoms with Gasteiger partial charge in [0, 0.05) is 24.7 Å². The van der Waals surface area contributed by atoms with Crippen molar-refractivity contribution in [3.8, 4) is 0 Å². The molecule has 2 heterocycles. The second-order valence-corrected chi connectivity index (χ2v) is 7.80. The number of anilines is 1. The molecular formula is C18H31N3. The van der Waals surface area contributed by atoms with E-state index in [1.165, 1.54) is 6.42 Å². The topological polar surface area (TPSA) is 28.2 Å². The molecule has 1 N–H and O–H groups in total. The van der Waals surface area contributed by atoms with Crippen molar-refractivity contribution < 1.29 is 0 Å². The average Bonchev–Trinajstić information content (AvgIpc) is 2.40. The lowest BCUT2D eigenvalue weighted by atomic mass is 9.86. The minimum absolute atomic E-state index is 0.124. The molecule has 0 bridgehead atoms. The van der Waals surface area contributed by atoms with Crippen LogP contribution >= 0.6 is 0 Å². The van der Waals surface area contributed by atoms with Crippen LogP contribution in [0.15, 0.2) is 18.2 Å². The zero-order valence-corrected chi connectivity index (χ0v) is 14.5. The van der Waals surface area contributed by atoms with Crippen molar-refractivity contribution in [1.29, 1.82) is 0 Å². The van der Waals surface area contributed by atoms with Crippen LogP contribution in [-0.4, -0.2) is 23.1 Å². The number of hydrogen-bond acceptors (Lipinski definition) is 3. The van der Waals surface area contributed by atoms with Crippen molar-refractivity contribution in [2.45, 2.75) is 66.1 Å². The fourth-order valence-electron chi connectivity index (χ4n) is 3.10. The first-order valence-electron chi connectivity index (χ1n) is 8.24. The van der Waals surface area contributed by atoms with Gasteiger partial charge < -0.3 is 10.2 Å². The van der Waals surface area contributed by atoms with Crippen LogP contribution in [0, 0.1) is 11.8 Å². The Labute approximate surface area is 130 Å². The van der Waals surface area contributed by atoms with Crippen LogP contribution in [0.2, 0.25) is 0 Å². The van der Waals surface area contributed by atoms with E-state index < -0.39 is 0 Å². The quantitative estimate of drug-likeness (QED) is 0.916. The summed E-state index contributed by atoms with van der Waals surface area (Å²) in [4.78, 5) is 7.37. The number of rotatable bonds is 3. The molecule has 0 aromatic carbocycles. The molecule has 0 radical (unpaired) electrons. The maximum Gasteiger partial charge on any atom is 0.129 e. The maximum atomic E-state index is 4.88. The summed E-state index contributed by atoms with van der Waals surface area (Å²) in [7, 11) is 0. The molecule has 1 aliphatic heterocycles. The fourth-order valence-corrected chi connectivity index (χ4v) is 3.10. The summed E-state index contributed by atoms with van der Waals surface area (Å²) in [5, 5.41) is 3.52. The number of piperidine rings is 1. The van der Waals surface area contributed by atoms with E-state index in [1.54, 1.807) is 0 Å². The normalized spacial score (nSPS) is 27.0. The minimum atomic E-state index is 0.124. The van der Waals surface area contributed by atoms with Gasteiger partial charge in [-0.25, -0.2) is 4.98 Å². The highest BCUT2D eigenvalue weighted by atomic mass is 15.2. The van der Waals surface area contributed by atoms with Gasteiger partial charge in [-0.3, -0.25) is 0 Å². The van der Waals surface area contributed by atoms with Gasteiger partial charge in [-0.15, -0.1) is 0 Å². The molecule has 3 nitrogen and oxygen atoms in total. The van der Waals surface area contributed by atoms with Gasteiger partial charge in [0.25, 0.3) is 0 Å². The first-order valence-corrected chi connectivity index (χ1v) is 8.24. The third kappa shape index (κ3) is 4.44. The molecule has 0 amide bonds. The molecule has 1 aromatic rings. The minimum Gasteiger partial charge on any atom is -0.353 e. The Morgan fingerprint density at radius 3 is 2.62 bits per heavy atom. The number of nitrogens with one attached hydrogen (secondary N) is 1. The summed E-state index contributed by atoms with van der Waals surface area (Å²) in [6, 6.07) is 6.98. The van der Waals surface area contributed by atoms with Crippen LogP contribution in [-0.2, 0) is 6.54 Å². The number of pyridine rings is 1. The van der Waals surface area contributed by atoms with Crippen LogP contribution in [0.5, 0.6) is 0 Å². The lowest BCUT2D eigenvalue weighted by Crippen LogP contribution is -2.46. The summed E-state index contributed by atoms with van der Waals surface area (Å²) in [6.07, 6.45) is 1.32. The van der Waals surface area contributed by atoms with Crippen LogP contribution in [0.25, 0.3) is 0 Å². The second-order valence-electron chi connectivity index (χ2n) is 7.80. The van der Waals surface area contributed by atoms with Gasteiger partial charge in [0.15, 0.2) is 0 Å². The van der Waals surface area contributed by atoms with Gasteiger partial charge in [0.2, 0.25) is 0 Å². The van der Waals surface area contributed by atoms with Crippen molar-refractivity contribution in [3.05, 3.63) is 23.9 Å². The van der Waals surface area contributed by atoms with E-state index in [0.29, 0.717) is 6.04 Å². The Morgan fingerprint density at radius 1 is 1.24 bits per heavy atom. The van der Waals surface area contributed by atoms with Crippen molar-refractivity contribution >= 4 is 5.82 Å². The highest BCUT2D eigenvalue weighted by Crippen LogP contribution is 2.30. The van der Waals surface area contributed by atoms with E-state index in [-0.39, 0.29) is 5.54 Å². The van der Waals surface area contributed by atoms with Crippen molar-refractivity contribution in [2.75, 3.05) is 11.4 Å². The summed E-state index contributed by atoms with van der Waals surface area (Å²) in [6.45, 7) is 15.5. The molecule has 0 saturated carbocycles. The van der Waals surface area contributed by atoms with E-state index >= 15 is 0 Å². The molecule has 3 atom stereocenters. The van der Waals surface area contributed by atoms with E-state index in [4.69, 9.17) is 4.98 Å². The summed E-state index contributed by atoms with van der Waals surface area (Å²) in [5.41, 5.74) is 1.25. The summed E-state index contributed by atoms with van der Waals surface area (Å²) < 4.78 is 0. The molecular weight excluding hydrogens is 258 g/mol. The van der Waals surface area contributed by atoms with Crippen LogP contribution in [0.1, 0.15) is 53.7 Å². The van der Waals surface area contributed by atoms with Gasteiger partial charge in [0.1, 0.15) is 5.82 Å². The van der Waals surface area contributed by atoms with E-state index in [9.17, 15) is 0 Å². The highest BCUT2D eigenvalue weighted by Gasteiger charge is 2.29. The van der Waals surface area contributed by atoms with Crippen molar-refractivity contribution in [2.24, 2.45) is 11.8 Å². The van der Waals surface area contributed by atoms with Crippen molar-refractivity contribution in [3.63, 3.8) is 0 Å². The van der Waals surface area contributed by atoms with E-state index in [1.807, 2.05) is 0 Å². The maximum absolute atomic E-state index is 4.88. The van der Waals surface area contributed by atoms with Crippen LogP contribution in [0.4, 0.5) is 5.82 Å². The van der Waals surface area contributed by atoms with Crippen LogP contribution < -0.4 is 10.2 Å². The van der Waals surface area contributed by atoms with Gasteiger partial charge in [0.05, 0.1) is 5.69 Å². The molecule has 1 aromatic heterocycles. The lowest BCUT2D eigenvalue weighted by Gasteiger charge is -2.42. The third-order valence-corrected chi connectivity index (χ3v) is 4.48. The molecule has 3 heteroatoms. The van der Waals surface area contributed by atoms with Crippen molar-refractivity contribution in [1.82, 2.24) is 10.3 Å². The van der Waals surface area contributed by atoms with Gasteiger partial charge >= 0.3 is 0 Å². The average molecular weight is 289 g/mol. The molecule has 0 spiro atoms. The Morgan fingerprint density at radius 2 is 1.95 bits per heavy atom. The van der Waals surface area contributed by atoms with E-state index in [2.05, 4.69) is 70.0 Å². The molecule has 1 saturated heterocycles. The first-order chi connectivity index (χ1) is 9.76. The zero-order valence-electron chi connectivity index (χ0n) is 14.5. The second kappa shape index (κ2) is 6.35. The first kappa shape index (κ1) is 16.3. The zero-order chi connectivity index (χ0) is 15.6. The largest absolute Gasteiger partial charge is 0.353 e. The number of nitrogens with zero attached hydrogens (tertiary/aromatic N) is 2. The predicted octanol–water partition coefficient (Wildman–Crippen LogP) is 3.84. The SMILES string of the molecule is CC1CC(C)C(C)N(c2cccc(CNC(C)(C)C)n2)C1. The monoisotopic (exact) mass is 289 g/mol. The Bertz CT molecular complexity index is 464. The van der Waals surface area contributed by atoms with Gasteiger partial charge in [-0.2, -0.15) is 0 Å². The Hall–Kier alpha value is -1.09.